The molecule has 0 aliphatic carbocycles. The van der Waals surface area contributed by atoms with Crippen molar-refractivity contribution in [1.29, 1.82) is 0 Å². The highest BCUT2D eigenvalue weighted by molar-refractivity contribution is 8.00. The number of hydrogen-bond acceptors (Lipinski definition) is 5. The van der Waals surface area contributed by atoms with E-state index >= 15 is 0 Å². The molecule has 0 spiro atoms. The summed E-state index contributed by atoms with van der Waals surface area (Å²) in [6.07, 6.45) is 0.471. The van der Waals surface area contributed by atoms with Crippen molar-refractivity contribution in [3.8, 4) is 0 Å². The van der Waals surface area contributed by atoms with Gasteiger partial charge in [-0.2, -0.15) is 0 Å². The van der Waals surface area contributed by atoms with Gasteiger partial charge in [0.05, 0.1) is 22.8 Å². The fourth-order valence-electron chi connectivity index (χ4n) is 2.40. The second-order valence-electron chi connectivity index (χ2n) is 5.73. The van der Waals surface area contributed by atoms with Crippen LogP contribution in [0.5, 0.6) is 0 Å². The molecule has 1 saturated heterocycles. The number of sulfone groups is 1. The molecule has 1 heterocycles. The molecule has 1 aromatic carbocycles. The lowest BCUT2D eigenvalue weighted by atomic mass is 10.0. The zero-order valence-electron chi connectivity index (χ0n) is 12.2. The summed E-state index contributed by atoms with van der Waals surface area (Å²) in [5.74, 6) is 0.217. The van der Waals surface area contributed by atoms with Gasteiger partial charge in [0.1, 0.15) is 0 Å². The largest absolute Gasteiger partial charge is 0.398 e. The van der Waals surface area contributed by atoms with E-state index in [0.29, 0.717) is 12.1 Å². The van der Waals surface area contributed by atoms with Gasteiger partial charge < -0.3 is 11.1 Å². The van der Waals surface area contributed by atoms with Gasteiger partial charge in [-0.25, -0.2) is 8.42 Å². The average Bonchev–Trinajstić information content (AvgIpc) is 2.65. The van der Waals surface area contributed by atoms with Gasteiger partial charge in [0, 0.05) is 10.6 Å². The Labute approximate surface area is 129 Å². The first-order valence-electron chi connectivity index (χ1n) is 6.70. The van der Waals surface area contributed by atoms with E-state index in [0.717, 1.165) is 10.5 Å². The predicted octanol–water partition coefficient (Wildman–Crippen LogP) is 1.36. The van der Waals surface area contributed by atoms with E-state index in [1.165, 1.54) is 11.8 Å². The summed E-state index contributed by atoms with van der Waals surface area (Å²) < 4.78 is 23.0. The van der Waals surface area contributed by atoms with Gasteiger partial charge in [-0.3, -0.25) is 4.79 Å². The normalized spacial score (nSPS) is 23.9. The number of aryl methyl sites for hydroxylation is 1. The first-order valence-corrected chi connectivity index (χ1v) is 9.51. The number of hydrogen-bond donors (Lipinski definition) is 2. The number of thioether (sulfide) groups is 1. The predicted molar refractivity (Wildman–Crippen MR) is 86.1 cm³/mol. The van der Waals surface area contributed by atoms with E-state index < -0.39 is 15.4 Å². The van der Waals surface area contributed by atoms with E-state index in [9.17, 15) is 13.2 Å². The summed E-state index contributed by atoms with van der Waals surface area (Å²) in [5.41, 5.74) is 6.98. The maximum absolute atomic E-state index is 12.0. The van der Waals surface area contributed by atoms with Crippen LogP contribution < -0.4 is 11.1 Å². The molecule has 2 rings (SSSR count). The molecule has 116 valence electrons. The van der Waals surface area contributed by atoms with Crippen LogP contribution in [0.25, 0.3) is 0 Å². The number of benzene rings is 1. The molecule has 0 bridgehead atoms. The first-order chi connectivity index (χ1) is 9.71. The molecule has 0 radical (unpaired) electrons. The van der Waals surface area contributed by atoms with Crippen LogP contribution >= 0.6 is 11.8 Å². The van der Waals surface area contributed by atoms with Crippen molar-refractivity contribution in [2.45, 2.75) is 30.7 Å². The van der Waals surface area contributed by atoms with Gasteiger partial charge in [0.15, 0.2) is 9.84 Å². The topological polar surface area (TPSA) is 89.3 Å². The van der Waals surface area contributed by atoms with Crippen LogP contribution in [-0.4, -0.2) is 37.1 Å². The number of rotatable bonds is 4. The van der Waals surface area contributed by atoms with Crippen LogP contribution in [0.1, 0.15) is 18.9 Å². The molecule has 5 nitrogen and oxygen atoms in total. The second kappa shape index (κ2) is 5.88. The van der Waals surface area contributed by atoms with Crippen molar-refractivity contribution >= 4 is 33.2 Å². The number of nitrogens with one attached hydrogen (secondary N) is 1. The molecule has 7 heteroatoms. The monoisotopic (exact) mass is 328 g/mol. The number of para-hydroxylation sites is 1. The smallest absolute Gasteiger partial charge is 0.230 e. The Kier molecular flexibility index (Phi) is 4.53. The van der Waals surface area contributed by atoms with Gasteiger partial charge in [-0.15, -0.1) is 11.8 Å². The Balaban J connectivity index is 1.93. The zero-order chi connectivity index (χ0) is 15.7. The minimum Gasteiger partial charge on any atom is -0.398 e. The summed E-state index contributed by atoms with van der Waals surface area (Å²) in [7, 11) is -3.02. The van der Waals surface area contributed by atoms with E-state index in [4.69, 9.17) is 5.73 Å². The van der Waals surface area contributed by atoms with Gasteiger partial charge in [-0.1, -0.05) is 12.1 Å². The Morgan fingerprint density at radius 2 is 2.19 bits per heavy atom. The maximum Gasteiger partial charge on any atom is 0.230 e. The van der Waals surface area contributed by atoms with Crippen LogP contribution in [0.3, 0.4) is 0 Å². The third-order valence-electron chi connectivity index (χ3n) is 3.59. The Morgan fingerprint density at radius 3 is 2.81 bits per heavy atom. The number of anilines is 1. The SMILES string of the molecule is Cc1cccc(SCC(=O)NC2(C)CCS(=O)(=O)C2)c1N. The third-order valence-corrected chi connectivity index (χ3v) is 6.56. The second-order valence-corrected chi connectivity index (χ2v) is 8.93. The average molecular weight is 328 g/mol. The molecule has 1 unspecified atom stereocenters. The van der Waals surface area contributed by atoms with Gasteiger partial charge >= 0.3 is 0 Å². The Morgan fingerprint density at radius 1 is 1.48 bits per heavy atom. The van der Waals surface area contributed by atoms with Crippen molar-refractivity contribution in [1.82, 2.24) is 5.32 Å². The molecule has 0 saturated carbocycles. The van der Waals surface area contributed by atoms with Crippen LogP contribution in [0, 0.1) is 6.92 Å². The lowest BCUT2D eigenvalue weighted by Gasteiger charge is -2.23. The van der Waals surface area contributed by atoms with E-state index in [2.05, 4.69) is 5.32 Å². The Hall–Kier alpha value is -1.21. The van der Waals surface area contributed by atoms with Crippen molar-refractivity contribution in [2.75, 3.05) is 23.0 Å². The molecule has 1 aliphatic heterocycles. The van der Waals surface area contributed by atoms with Gasteiger partial charge in [-0.05, 0) is 31.9 Å². The number of nitrogen functional groups attached to an aromatic ring is 1. The van der Waals surface area contributed by atoms with E-state index in [1.807, 2.05) is 25.1 Å². The van der Waals surface area contributed by atoms with Crippen molar-refractivity contribution < 1.29 is 13.2 Å². The van der Waals surface area contributed by atoms with Gasteiger partial charge in [0.25, 0.3) is 0 Å². The highest BCUT2D eigenvalue weighted by Gasteiger charge is 2.39. The lowest BCUT2D eigenvalue weighted by molar-refractivity contribution is -0.120. The van der Waals surface area contributed by atoms with Crippen molar-refractivity contribution in [3.05, 3.63) is 23.8 Å². The van der Waals surface area contributed by atoms with E-state index in [-0.39, 0.29) is 23.2 Å². The molecule has 1 fully saturated rings. The molecule has 21 heavy (non-hydrogen) atoms. The molecular weight excluding hydrogens is 308 g/mol. The summed E-state index contributed by atoms with van der Waals surface area (Å²) in [5, 5.41) is 2.84. The molecule has 1 aliphatic rings. The van der Waals surface area contributed by atoms with Crippen LogP contribution in [-0.2, 0) is 14.6 Å². The number of carbonyl (C=O) groups is 1. The minimum absolute atomic E-state index is 0.0169. The standard InChI is InChI=1S/C14H20N2O3S2/c1-10-4-3-5-11(13(10)15)20-8-12(17)16-14(2)6-7-21(18,19)9-14/h3-5H,6-9,15H2,1-2H3,(H,16,17). The maximum atomic E-state index is 12.0. The summed E-state index contributed by atoms with van der Waals surface area (Å²) in [4.78, 5) is 12.9. The number of amides is 1. The molecule has 3 N–H and O–H groups in total. The van der Waals surface area contributed by atoms with Crippen LogP contribution in [0.2, 0.25) is 0 Å². The molecular formula is C14H20N2O3S2. The fraction of sp³-hybridized carbons (Fsp3) is 0.500. The molecule has 0 aromatic heterocycles. The molecule has 1 aromatic rings. The van der Waals surface area contributed by atoms with Crippen LogP contribution in [0.4, 0.5) is 5.69 Å². The molecule has 1 atom stereocenters. The van der Waals surface area contributed by atoms with Crippen molar-refractivity contribution in [3.63, 3.8) is 0 Å². The van der Waals surface area contributed by atoms with Crippen molar-refractivity contribution in [2.24, 2.45) is 0 Å². The Bertz CT molecular complexity index is 658. The highest BCUT2D eigenvalue weighted by Crippen LogP contribution is 2.28. The van der Waals surface area contributed by atoms with Gasteiger partial charge in [0.2, 0.25) is 5.91 Å². The summed E-state index contributed by atoms with van der Waals surface area (Å²) >= 11 is 1.36. The number of carbonyl (C=O) groups excluding carboxylic acids is 1. The first kappa shape index (κ1) is 16.2. The number of nitrogens with two attached hydrogens (primary N) is 1. The quantitative estimate of drug-likeness (QED) is 0.643. The highest BCUT2D eigenvalue weighted by atomic mass is 32.2. The summed E-state index contributed by atoms with van der Waals surface area (Å²) in [6, 6.07) is 5.70. The molecule has 1 amide bonds. The van der Waals surface area contributed by atoms with Crippen LogP contribution in [0.15, 0.2) is 23.1 Å². The fourth-order valence-corrected chi connectivity index (χ4v) is 5.35. The minimum atomic E-state index is -3.02. The lowest BCUT2D eigenvalue weighted by Crippen LogP contribution is -2.47. The van der Waals surface area contributed by atoms with E-state index in [1.54, 1.807) is 6.92 Å². The zero-order valence-corrected chi connectivity index (χ0v) is 13.8. The summed E-state index contributed by atoms with van der Waals surface area (Å²) in [6.45, 7) is 3.70. The third kappa shape index (κ3) is 4.14.